The number of hydrogen-bond donors (Lipinski definition) is 1. The van der Waals surface area contributed by atoms with Gasteiger partial charge in [-0.15, -0.1) is 0 Å². The van der Waals surface area contributed by atoms with E-state index >= 15 is 0 Å². The van der Waals surface area contributed by atoms with Gasteiger partial charge in [-0.1, -0.05) is 19.9 Å². The summed E-state index contributed by atoms with van der Waals surface area (Å²) in [7, 11) is 3.91. The van der Waals surface area contributed by atoms with Crippen molar-refractivity contribution in [1.29, 1.82) is 0 Å². The fourth-order valence-corrected chi connectivity index (χ4v) is 1.93. The first-order chi connectivity index (χ1) is 9.32. The third-order valence-corrected chi connectivity index (χ3v) is 2.97. The number of halogens is 1. The van der Waals surface area contributed by atoms with Gasteiger partial charge in [-0.25, -0.2) is 4.39 Å². The van der Waals surface area contributed by atoms with E-state index in [0.29, 0.717) is 19.0 Å². The highest BCUT2D eigenvalue weighted by Crippen LogP contribution is 2.18. The summed E-state index contributed by atoms with van der Waals surface area (Å²) < 4.78 is 13.5. The maximum absolute atomic E-state index is 13.5. The van der Waals surface area contributed by atoms with Crippen molar-refractivity contribution >= 4 is 11.6 Å². The summed E-state index contributed by atoms with van der Waals surface area (Å²) in [6, 6.07) is 4.35. The summed E-state index contributed by atoms with van der Waals surface area (Å²) in [6.07, 6.45) is 0. The average molecular weight is 281 g/mol. The third-order valence-electron chi connectivity index (χ3n) is 2.97. The lowest BCUT2D eigenvalue weighted by atomic mass is 10.1. The summed E-state index contributed by atoms with van der Waals surface area (Å²) in [5.41, 5.74) is 5.84. The molecule has 4 nitrogen and oxygen atoms in total. The van der Waals surface area contributed by atoms with Gasteiger partial charge in [-0.2, -0.15) is 0 Å². The van der Waals surface area contributed by atoms with E-state index in [1.165, 1.54) is 12.1 Å². The molecule has 0 saturated carbocycles. The number of carbonyl (C=O) groups excluding carboxylic acids is 1. The molecule has 5 heteroatoms. The molecule has 1 rings (SSSR count). The third kappa shape index (κ3) is 4.49. The Morgan fingerprint density at radius 3 is 2.50 bits per heavy atom. The number of benzene rings is 1. The van der Waals surface area contributed by atoms with Crippen molar-refractivity contribution in [2.24, 2.45) is 5.92 Å². The van der Waals surface area contributed by atoms with E-state index in [-0.39, 0.29) is 17.2 Å². The normalized spacial score (nSPS) is 11.2. The molecule has 112 valence electrons. The number of nitrogen functional groups attached to an aromatic ring is 1. The van der Waals surface area contributed by atoms with Crippen molar-refractivity contribution in [1.82, 2.24) is 9.80 Å². The van der Waals surface area contributed by atoms with E-state index in [4.69, 9.17) is 5.73 Å². The molecule has 0 aliphatic carbocycles. The molecule has 0 spiro atoms. The number of para-hydroxylation sites is 1. The van der Waals surface area contributed by atoms with Gasteiger partial charge in [-0.05, 0) is 32.1 Å². The summed E-state index contributed by atoms with van der Waals surface area (Å²) in [6.45, 7) is 6.08. The zero-order valence-electron chi connectivity index (χ0n) is 12.7. The van der Waals surface area contributed by atoms with Crippen molar-refractivity contribution in [3.8, 4) is 0 Å². The van der Waals surface area contributed by atoms with Crippen LogP contribution < -0.4 is 5.73 Å². The van der Waals surface area contributed by atoms with Gasteiger partial charge in [0.15, 0.2) is 0 Å². The van der Waals surface area contributed by atoms with Crippen LogP contribution in [0.3, 0.4) is 0 Å². The summed E-state index contributed by atoms with van der Waals surface area (Å²) in [5.74, 6) is -0.415. The van der Waals surface area contributed by atoms with Crippen LogP contribution in [0.1, 0.15) is 24.2 Å². The second-order valence-corrected chi connectivity index (χ2v) is 5.65. The fraction of sp³-hybridized carbons (Fsp3) is 0.533. The molecule has 0 aliphatic rings. The first-order valence-electron chi connectivity index (χ1n) is 6.81. The standard InChI is InChI=1S/C15H24FN3O/c1-11(2)10-19(9-8-18(3)4)15(20)12-6-5-7-13(16)14(12)17/h5-7,11H,8-10,17H2,1-4H3. The topological polar surface area (TPSA) is 49.6 Å². The second-order valence-electron chi connectivity index (χ2n) is 5.65. The number of hydrogen-bond acceptors (Lipinski definition) is 3. The van der Waals surface area contributed by atoms with Crippen LogP contribution >= 0.6 is 0 Å². The van der Waals surface area contributed by atoms with E-state index in [0.717, 1.165) is 6.54 Å². The Kier molecular flexibility index (Phi) is 5.95. The van der Waals surface area contributed by atoms with Crippen LogP contribution in [-0.2, 0) is 0 Å². The number of carbonyl (C=O) groups is 1. The first-order valence-corrected chi connectivity index (χ1v) is 6.81. The van der Waals surface area contributed by atoms with Crippen LogP contribution in [0, 0.1) is 11.7 Å². The van der Waals surface area contributed by atoms with Crippen LogP contribution in [0.15, 0.2) is 18.2 Å². The molecule has 1 aromatic carbocycles. The van der Waals surface area contributed by atoms with Crippen molar-refractivity contribution in [2.75, 3.05) is 39.5 Å². The van der Waals surface area contributed by atoms with Gasteiger partial charge in [0.2, 0.25) is 0 Å². The number of nitrogens with two attached hydrogens (primary N) is 1. The molecule has 20 heavy (non-hydrogen) atoms. The maximum Gasteiger partial charge on any atom is 0.256 e. The molecule has 0 bridgehead atoms. The lowest BCUT2D eigenvalue weighted by molar-refractivity contribution is 0.0725. The highest BCUT2D eigenvalue weighted by atomic mass is 19.1. The van der Waals surface area contributed by atoms with E-state index in [1.54, 1.807) is 11.0 Å². The first kappa shape index (κ1) is 16.4. The van der Waals surface area contributed by atoms with Crippen molar-refractivity contribution in [3.05, 3.63) is 29.6 Å². The molecule has 0 radical (unpaired) electrons. The monoisotopic (exact) mass is 281 g/mol. The van der Waals surface area contributed by atoms with Crippen molar-refractivity contribution in [3.63, 3.8) is 0 Å². The van der Waals surface area contributed by atoms with Gasteiger partial charge in [0.05, 0.1) is 11.3 Å². The molecule has 0 saturated heterocycles. The Balaban J connectivity index is 2.94. The largest absolute Gasteiger partial charge is 0.396 e. The van der Waals surface area contributed by atoms with Gasteiger partial charge in [-0.3, -0.25) is 4.79 Å². The molecule has 1 amide bonds. The van der Waals surface area contributed by atoms with E-state index < -0.39 is 5.82 Å². The van der Waals surface area contributed by atoms with Crippen LogP contribution in [-0.4, -0.2) is 49.4 Å². The number of amides is 1. The molecule has 0 unspecified atom stereocenters. The zero-order chi connectivity index (χ0) is 15.3. The molecule has 0 fully saturated rings. The SMILES string of the molecule is CC(C)CN(CCN(C)C)C(=O)c1cccc(F)c1N. The number of likely N-dealkylation sites (N-methyl/N-ethyl adjacent to an activating group) is 1. The number of nitrogens with zero attached hydrogens (tertiary/aromatic N) is 2. The van der Waals surface area contributed by atoms with Crippen LogP contribution in [0.5, 0.6) is 0 Å². The maximum atomic E-state index is 13.5. The predicted molar refractivity (Wildman–Crippen MR) is 80.1 cm³/mol. The van der Waals surface area contributed by atoms with Gasteiger partial charge < -0.3 is 15.5 Å². The van der Waals surface area contributed by atoms with E-state index in [1.807, 2.05) is 32.8 Å². The molecule has 2 N–H and O–H groups in total. The zero-order valence-corrected chi connectivity index (χ0v) is 12.7. The second kappa shape index (κ2) is 7.24. The molecular weight excluding hydrogens is 257 g/mol. The Labute approximate surface area is 120 Å². The quantitative estimate of drug-likeness (QED) is 0.812. The lowest BCUT2D eigenvalue weighted by Crippen LogP contribution is -2.39. The van der Waals surface area contributed by atoms with Crippen molar-refractivity contribution in [2.45, 2.75) is 13.8 Å². The van der Waals surface area contributed by atoms with Crippen LogP contribution in [0.4, 0.5) is 10.1 Å². The predicted octanol–water partition coefficient (Wildman–Crippen LogP) is 2.07. The van der Waals surface area contributed by atoms with Crippen LogP contribution in [0.2, 0.25) is 0 Å². The molecular formula is C15H24FN3O. The Hall–Kier alpha value is -1.62. The highest BCUT2D eigenvalue weighted by Gasteiger charge is 2.20. The smallest absolute Gasteiger partial charge is 0.256 e. The van der Waals surface area contributed by atoms with Crippen LogP contribution in [0.25, 0.3) is 0 Å². The molecule has 0 aliphatic heterocycles. The van der Waals surface area contributed by atoms with Crippen molar-refractivity contribution < 1.29 is 9.18 Å². The van der Waals surface area contributed by atoms with Gasteiger partial charge in [0.25, 0.3) is 5.91 Å². The minimum absolute atomic E-state index is 0.0730. The van der Waals surface area contributed by atoms with E-state index in [9.17, 15) is 9.18 Å². The Morgan fingerprint density at radius 1 is 1.30 bits per heavy atom. The molecule has 0 atom stereocenters. The molecule has 0 heterocycles. The lowest BCUT2D eigenvalue weighted by Gasteiger charge is -2.26. The summed E-state index contributed by atoms with van der Waals surface area (Å²) in [4.78, 5) is 16.3. The number of anilines is 1. The number of rotatable bonds is 6. The average Bonchev–Trinajstić information content (AvgIpc) is 2.36. The van der Waals surface area contributed by atoms with Gasteiger partial charge in [0, 0.05) is 19.6 Å². The van der Waals surface area contributed by atoms with Gasteiger partial charge >= 0.3 is 0 Å². The van der Waals surface area contributed by atoms with Gasteiger partial charge in [0.1, 0.15) is 5.82 Å². The Bertz CT molecular complexity index is 460. The fourth-order valence-electron chi connectivity index (χ4n) is 1.93. The van der Waals surface area contributed by atoms with E-state index in [2.05, 4.69) is 0 Å². The highest BCUT2D eigenvalue weighted by molar-refractivity contribution is 5.99. The Morgan fingerprint density at radius 2 is 1.95 bits per heavy atom. The molecule has 1 aromatic rings. The summed E-state index contributed by atoms with van der Waals surface area (Å²) in [5, 5.41) is 0. The summed E-state index contributed by atoms with van der Waals surface area (Å²) >= 11 is 0. The molecule has 0 aromatic heterocycles. The minimum atomic E-state index is -0.548. The minimum Gasteiger partial charge on any atom is -0.396 e.